The summed E-state index contributed by atoms with van der Waals surface area (Å²) in [7, 11) is 0. The zero-order valence-electron chi connectivity index (χ0n) is 10.8. The summed E-state index contributed by atoms with van der Waals surface area (Å²) in [5.74, 6) is 1.37. The van der Waals surface area contributed by atoms with E-state index in [1.54, 1.807) is 0 Å². The highest BCUT2D eigenvalue weighted by atomic mass is 14.9. The second-order valence-corrected chi connectivity index (χ2v) is 4.38. The summed E-state index contributed by atoms with van der Waals surface area (Å²) < 4.78 is 0. The van der Waals surface area contributed by atoms with Gasteiger partial charge in [-0.2, -0.15) is 0 Å². The van der Waals surface area contributed by atoms with Crippen LogP contribution in [0.5, 0.6) is 0 Å². The number of aromatic nitrogens is 2. The molecule has 0 amide bonds. The van der Waals surface area contributed by atoms with E-state index in [0.29, 0.717) is 12.0 Å². The normalized spacial score (nSPS) is 14.8. The number of hydrogen-bond donors (Lipinski definition) is 1. The van der Waals surface area contributed by atoms with E-state index in [1.807, 2.05) is 19.3 Å². The van der Waals surface area contributed by atoms with Gasteiger partial charge >= 0.3 is 0 Å². The summed E-state index contributed by atoms with van der Waals surface area (Å²) in [6, 6.07) is 0.438. The predicted molar refractivity (Wildman–Crippen MR) is 67.6 cm³/mol. The summed E-state index contributed by atoms with van der Waals surface area (Å²) in [6.07, 6.45) is 6.03. The van der Waals surface area contributed by atoms with Crippen LogP contribution in [-0.2, 0) is 0 Å². The zero-order valence-corrected chi connectivity index (χ0v) is 10.8. The number of rotatable bonds is 6. The first-order valence-electron chi connectivity index (χ1n) is 6.21. The molecule has 3 heteroatoms. The van der Waals surface area contributed by atoms with E-state index in [9.17, 15) is 0 Å². The molecule has 2 unspecified atom stereocenters. The first-order valence-corrected chi connectivity index (χ1v) is 6.21. The summed E-state index contributed by atoms with van der Waals surface area (Å²) >= 11 is 0. The second kappa shape index (κ2) is 6.59. The smallest absolute Gasteiger partial charge is 0.132 e. The highest BCUT2D eigenvalue weighted by molar-refractivity contribution is 5.06. The molecule has 0 radical (unpaired) electrons. The van der Waals surface area contributed by atoms with E-state index in [2.05, 4.69) is 36.1 Å². The lowest BCUT2D eigenvalue weighted by Crippen LogP contribution is -2.33. The maximum atomic E-state index is 4.43. The zero-order chi connectivity index (χ0) is 12.0. The molecule has 16 heavy (non-hydrogen) atoms. The van der Waals surface area contributed by atoms with Crippen LogP contribution in [-0.4, -0.2) is 22.6 Å². The Kier molecular flexibility index (Phi) is 5.39. The summed E-state index contributed by atoms with van der Waals surface area (Å²) in [6.45, 7) is 9.67. The molecule has 3 nitrogen and oxygen atoms in total. The Bertz CT molecular complexity index is 295. The van der Waals surface area contributed by atoms with Crippen LogP contribution in [0.4, 0.5) is 0 Å². The van der Waals surface area contributed by atoms with Crippen LogP contribution >= 0.6 is 0 Å². The summed E-state index contributed by atoms with van der Waals surface area (Å²) in [5, 5.41) is 3.52. The van der Waals surface area contributed by atoms with Crippen molar-refractivity contribution in [2.45, 2.75) is 52.5 Å². The molecule has 90 valence electrons. The summed E-state index contributed by atoms with van der Waals surface area (Å²) in [4.78, 5) is 8.85. The van der Waals surface area contributed by atoms with Gasteiger partial charge in [0.1, 0.15) is 5.82 Å². The average Bonchev–Trinajstić information content (AvgIpc) is 2.30. The Hall–Kier alpha value is -0.960. The van der Waals surface area contributed by atoms with Gasteiger partial charge in [-0.15, -0.1) is 0 Å². The average molecular weight is 221 g/mol. The van der Waals surface area contributed by atoms with Crippen molar-refractivity contribution in [3.8, 4) is 0 Å². The molecule has 0 saturated heterocycles. The molecule has 1 aromatic rings. The third-order valence-electron chi connectivity index (χ3n) is 2.89. The third-order valence-corrected chi connectivity index (χ3v) is 2.89. The first kappa shape index (κ1) is 13.1. The van der Waals surface area contributed by atoms with E-state index in [4.69, 9.17) is 0 Å². The molecule has 1 rings (SSSR count). The molecule has 0 aliphatic carbocycles. The molecule has 0 spiro atoms. The quantitative estimate of drug-likeness (QED) is 0.802. The fourth-order valence-corrected chi connectivity index (χ4v) is 1.87. The highest BCUT2D eigenvalue weighted by Crippen LogP contribution is 2.19. The maximum absolute atomic E-state index is 4.43. The van der Waals surface area contributed by atoms with Crippen LogP contribution < -0.4 is 5.32 Å². The molecular weight excluding hydrogens is 198 g/mol. The van der Waals surface area contributed by atoms with E-state index in [1.165, 1.54) is 0 Å². The van der Waals surface area contributed by atoms with Gasteiger partial charge in [0.05, 0.1) is 0 Å². The molecule has 0 fully saturated rings. The maximum Gasteiger partial charge on any atom is 0.132 e. The van der Waals surface area contributed by atoms with Gasteiger partial charge in [0, 0.05) is 24.4 Å². The SMILES string of the molecule is CCCNC(C)C(CC)c1ncc(C)cn1. The number of aryl methyl sites for hydroxylation is 1. The van der Waals surface area contributed by atoms with E-state index < -0.39 is 0 Å². The van der Waals surface area contributed by atoms with Crippen molar-refractivity contribution in [1.29, 1.82) is 0 Å². The van der Waals surface area contributed by atoms with E-state index >= 15 is 0 Å². The van der Waals surface area contributed by atoms with Gasteiger partial charge in [-0.1, -0.05) is 13.8 Å². The van der Waals surface area contributed by atoms with Crippen LogP contribution in [0.25, 0.3) is 0 Å². The number of nitrogens with one attached hydrogen (secondary N) is 1. The highest BCUT2D eigenvalue weighted by Gasteiger charge is 2.19. The van der Waals surface area contributed by atoms with Gasteiger partial charge in [-0.05, 0) is 38.8 Å². The molecule has 0 saturated carbocycles. The molecule has 1 N–H and O–H groups in total. The Labute approximate surface area is 98.7 Å². The van der Waals surface area contributed by atoms with Crippen LogP contribution in [0.3, 0.4) is 0 Å². The molecule has 1 aromatic heterocycles. The molecular formula is C13H23N3. The van der Waals surface area contributed by atoms with Crippen molar-refractivity contribution in [2.75, 3.05) is 6.54 Å². The van der Waals surface area contributed by atoms with Crippen LogP contribution in [0.2, 0.25) is 0 Å². The Balaban J connectivity index is 2.69. The molecule has 0 aromatic carbocycles. The Morgan fingerprint density at radius 1 is 1.25 bits per heavy atom. The second-order valence-electron chi connectivity index (χ2n) is 4.38. The van der Waals surface area contributed by atoms with Crippen molar-refractivity contribution >= 4 is 0 Å². The minimum Gasteiger partial charge on any atom is -0.314 e. The van der Waals surface area contributed by atoms with Crippen molar-refractivity contribution in [2.24, 2.45) is 0 Å². The third kappa shape index (κ3) is 3.56. The molecule has 2 atom stereocenters. The topological polar surface area (TPSA) is 37.8 Å². The van der Waals surface area contributed by atoms with Crippen LogP contribution in [0.15, 0.2) is 12.4 Å². The minimum atomic E-state index is 0.409. The first-order chi connectivity index (χ1) is 7.69. The standard InChI is InChI=1S/C13H23N3/c1-5-7-14-11(4)12(6-2)13-15-8-10(3)9-16-13/h8-9,11-12,14H,5-7H2,1-4H3. The van der Waals surface area contributed by atoms with Crippen molar-refractivity contribution in [3.05, 3.63) is 23.8 Å². The fraction of sp³-hybridized carbons (Fsp3) is 0.692. The van der Waals surface area contributed by atoms with Gasteiger partial charge in [0.15, 0.2) is 0 Å². The molecule has 1 heterocycles. The number of nitrogens with zero attached hydrogens (tertiary/aromatic N) is 2. The lowest BCUT2D eigenvalue weighted by Gasteiger charge is -2.22. The minimum absolute atomic E-state index is 0.409. The molecule has 0 aliphatic rings. The Morgan fingerprint density at radius 2 is 1.88 bits per heavy atom. The number of hydrogen-bond acceptors (Lipinski definition) is 3. The predicted octanol–water partition coefficient (Wildman–Crippen LogP) is 2.67. The van der Waals surface area contributed by atoms with Gasteiger partial charge in [-0.3, -0.25) is 0 Å². The van der Waals surface area contributed by atoms with Gasteiger partial charge in [0.25, 0.3) is 0 Å². The largest absolute Gasteiger partial charge is 0.314 e. The monoisotopic (exact) mass is 221 g/mol. The summed E-state index contributed by atoms with van der Waals surface area (Å²) in [5.41, 5.74) is 1.12. The molecule has 0 bridgehead atoms. The van der Waals surface area contributed by atoms with Crippen molar-refractivity contribution in [1.82, 2.24) is 15.3 Å². The van der Waals surface area contributed by atoms with Gasteiger partial charge < -0.3 is 5.32 Å². The van der Waals surface area contributed by atoms with Gasteiger partial charge in [0.2, 0.25) is 0 Å². The lowest BCUT2D eigenvalue weighted by molar-refractivity contribution is 0.435. The lowest BCUT2D eigenvalue weighted by atomic mass is 9.97. The van der Waals surface area contributed by atoms with Crippen LogP contribution in [0, 0.1) is 6.92 Å². The van der Waals surface area contributed by atoms with E-state index in [-0.39, 0.29) is 0 Å². The van der Waals surface area contributed by atoms with E-state index in [0.717, 1.165) is 30.8 Å². The fourth-order valence-electron chi connectivity index (χ4n) is 1.87. The van der Waals surface area contributed by atoms with Crippen LogP contribution in [0.1, 0.15) is 50.9 Å². The van der Waals surface area contributed by atoms with Crippen molar-refractivity contribution in [3.63, 3.8) is 0 Å². The van der Waals surface area contributed by atoms with Crippen molar-refractivity contribution < 1.29 is 0 Å². The Morgan fingerprint density at radius 3 is 2.38 bits per heavy atom. The van der Waals surface area contributed by atoms with Gasteiger partial charge in [-0.25, -0.2) is 9.97 Å². The molecule has 0 aliphatic heterocycles.